The first-order chi connectivity index (χ1) is 14.8. The van der Waals surface area contributed by atoms with Gasteiger partial charge in [-0.3, -0.25) is 4.68 Å². The molecular weight excluding hydrogens is 425 g/mol. The maximum Gasteiger partial charge on any atom is 0.422 e. The van der Waals surface area contributed by atoms with Gasteiger partial charge in [0.15, 0.2) is 12.4 Å². The Bertz CT molecular complexity index is 1190. The average Bonchev–Trinajstić information content (AvgIpc) is 3.38. The Kier molecular flexibility index (Phi) is 5.36. The van der Waals surface area contributed by atoms with E-state index in [2.05, 4.69) is 25.0 Å². The maximum absolute atomic E-state index is 14.1. The second-order valence-corrected chi connectivity index (χ2v) is 6.30. The summed E-state index contributed by atoms with van der Waals surface area (Å²) in [6.07, 6.45) is -2.66. The van der Waals surface area contributed by atoms with Gasteiger partial charge in [0.25, 0.3) is 5.88 Å². The fraction of sp³-hybridized carbons (Fsp3) is 0.158. The van der Waals surface area contributed by atoms with Crippen molar-refractivity contribution < 1.29 is 31.2 Å². The summed E-state index contributed by atoms with van der Waals surface area (Å²) in [5.41, 5.74) is 1.19. The highest BCUT2D eigenvalue weighted by Gasteiger charge is 2.29. The fourth-order valence-corrected chi connectivity index (χ4v) is 2.71. The lowest BCUT2D eigenvalue weighted by Gasteiger charge is -2.09. The zero-order chi connectivity index (χ0) is 22.0. The summed E-state index contributed by atoms with van der Waals surface area (Å²) in [6, 6.07) is 9.08. The minimum absolute atomic E-state index is 0.00743. The van der Waals surface area contributed by atoms with Crippen LogP contribution < -0.4 is 4.74 Å². The van der Waals surface area contributed by atoms with E-state index in [0.717, 1.165) is 0 Å². The zero-order valence-electron chi connectivity index (χ0n) is 15.5. The molecule has 0 N–H and O–H groups in total. The molecule has 7 nitrogen and oxygen atoms in total. The van der Waals surface area contributed by atoms with Crippen molar-refractivity contribution in [3.05, 3.63) is 66.1 Å². The summed E-state index contributed by atoms with van der Waals surface area (Å²) in [4.78, 5) is 7.48. The van der Waals surface area contributed by atoms with E-state index in [-0.39, 0.29) is 18.1 Å². The molecule has 0 radical (unpaired) electrons. The lowest BCUT2D eigenvalue weighted by molar-refractivity contribution is -0.154. The average molecular weight is 437 g/mol. The van der Waals surface area contributed by atoms with Gasteiger partial charge in [0.1, 0.15) is 23.5 Å². The summed E-state index contributed by atoms with van der Waals surface area (Å²) >= 11 is 0. The van der Waals surface area contributed by atoms with Crippen LogP contribution in [0.1, 0.15) is 5.56 Å². The minimum atomic E-state index is -4.67. The fourth-order valence-electron chi connectivity index (χ4n) is 2.71. The Morgan fingerprint density at radius 3 is 2.55 bits per heavy atom. The van der Waals surface area contributed by atoms with E-state index in [4.69, 9.17) is 4.52 Å². The van der Waals surface area contributed by atoms with Crippen molar-refractivity contribution >= 4 is 0 Å². The Hall–Kier alpha value is -3.83. The van der Waals surface area contributed by atoms with Gasteiger partial charge in [-0.25, -0.2) is 9.37 Å². The lowest BCUT2D eigenvalue weighted by atomic mass is 10.2. The van der Waals surface area contributed by atoms with Crippen molar-refractivity contribution in [2.45, 2.75) is 12.7 Å². The van der Waals surface area contributed by atoms with Gasteiger partial charge < -0.3 is 9.26 Å². The largest absolute Gasteiger partial charge is 0.466 e. The number of rotatable bonds is 6. The molecule has 4 aromatic rings. The van der Waals surface area contributed by atoms with Crippen LogP contribution in [-0.4, -0.2) is 37.7 Å². The molecule has 3 heterocycles. The van der Waals surface area contributed by atoms with E-state index in [0.29, 0.717) is 23.1 Å². The van der Waals surface area contributed by atoms with E-state index in [1.165, 1.54) is 23.1 Å². The third-order valence-electron chi connectivity index (χ3n) is 4.07. The molecule has 0 saturated heterocycles. The summed E-state index contributed by atoms with van der Waals surface area (Å²) in [5, 5.41) is 8.12. The van der Waals surface area contributed by atoms with Crippen molar-refractivity contribution in [2.75, 3.05) is 6.61 Å². The number of aromatic nitrogens is 5. The highest BCUT2D eigenvalue weighted by molar-refractivity contribution is 5.62. The first kappa shape index (κ1) is 20.4. The van der Waals surface area contributed by atoms with Gasteiger partial charge in [-0.15, -0.1) is 0 Å². The Morgan fingerprint density at radius 1 is 1.03 bits per heavy atom. The zero-order valence-corrected chi connectivity index (χ0v) is 15.5. The second-order valence-electron chi connectivity index (χ2n) is 6.30. The highest BCUT2D eigenvalue weighted by Crippen LogP contribution is 2.27. The third-order valence-corrected chi connectivity index (χ3v) is 4.07. The molecule has 160 valence electrons. The lowest BCUT2D eigenvalue weighted by Crippen LogP contribution is -2.20. The molecule has 0 fully saturated rings. The summed E-state index contributed by atoms with van der Waals surface area (Å²) in [7, 11) is 0. The summed E-state index contributed by atoms with van der Waals surface area (Å²) in [6.45, 7) is -1.71. The van der Waals surface area contributed by atoms with E-state index in [9.17, 15) is 22.0 Å². The predicted octanol–water partition coefficient (Wildman–Crippen LogP) is 4.26. The molecule has 0 atom stereocenters. The molecule has 31 heavy (non-hydrogen) atoms. The monoisotopic (exact) mass is 437 g/mol. The third kappa shape index (κ3) is 4.68. The molecule has 3 aromatic heterocycles. The molecule has 12 heteroatoms. The van der Waals surface area contributed by atoms with E-state index in [1.54, 1.807) is 24.3 Å². The number of hydrogen-bond acceptors (Lipinski definition) is 6. The molecule has 0 amide bonds. The number of ether oxygens (including phenoxy) is 1. The number of benzene rings is 1. The van der Waals surface area contributed by atoms with Gasteiger partial charge in [0.05, 0.1) is 18.4 Å². The Morgan fingerprint density at radius 2 is 1.84 bits per heavy atom. The molecule has 0 bridgehead atoms. The quantitative estimate of drug-likeness (QED) is 0.420. The molecule has 0 unspecified atom stereocenters. The number of hydrogen-bond donors (Lipinski definition) is 0. The van der Waals surface area contributed by atoms with E-state index in [1.807, 2.05) is 0 Å². The number of halogens is 5. The van der Waals surface area contributed by atoms with Gasteiger partial charge in [-0.2, -0.15) is 27.6 Å². The number of nitrogens with zero attached hydrogens (tertiary/aromatic N) is 5. The van der Waals surface area contributed by atoms with Gasteiger partial charge in [-0.05, 0) is 12.1 Å². The maximum atomic E-state index is 14.1. The van der Waals surface area contributed by atoms with Gasteiger partial charge >= 0.3 is 6.18 Å². The SMILES string of the molecule is Fc1ccccc1Cn1nc(-c2ncc(F)c(OCC(F)(F)F)n2)cc1-c1ccon1. The second kappa shape index (κ2) is 8.13. The van der Waals surface area contributed by atoms with Crippen molar-refractivity contribution in [1.29, 1.82) is 0 Å². The highest BCUT2D eigenvalue weighted by atomic mass is 19.4. The Labute approximate surface area is 171 Å². The van der Waals surface area contributed by atoms with Crippen molar-refractivity contribution in [3.63, 3.8) is 0 Å². The van der Waals surface area contributed by atoms with E-state index < -0.39 is 30.3 Å². The van der Waals surface area contributed by atoms with Crippen LogP contribution in [0.3, 0.4) is 0 Å². The molecular formula is C19H12F5N5O2. The van der Waals surface area contributed by atoms with Crippen LogP contribution in [0.25, 0.3) is 22.9 Å². The molecule has 0 spiro atoms. The summed E-state index contributed by atoms with van der Waals surface area (Å²) in [5.74, 6) is -2.66. The molecule has 0 aliphatic rings. The van der Waals surface area contributed by atoms with Crippen LogP contribution in [0.15, 0.2) is 53.4 Å². The van der Waals surface area contributed by atoms with Gasteiger partial charge in [0, 0.05) is 11.6 Å². The van der Waals surface area contributed by atoms with Crippen LogP contribution in [0.4, 0.5) is 22.0 Å². The molecule has 0 saturated carbocycles. The van der Waals surface area contributed by atoms with Crippen LogP contribution in [0, 0.1) is 11.6 Å². The Balaban J connectivity index is 1.72. The van der Waals surface area contributed by atoms with Crippen LogP contribution in [-0.2, 0) is 6.54 Å². The van der Waals surface area contributed by atoms with Crippen LogP contribution >= 0.6 is 0 Å². The molecule has 4 rings (SSSR count). The summed E-state index contributed by atoms with van der Waals surface area (Å²) < 4.78 is 75.7. The molecule has 1 aromatic carbocycles. The van der Waals surface area contributed by atoms with Gasteiger partial charge in [-0.1, -0.05) is 23.4 Å². The molecule has 0 aliphatic heterocycles. The smallest absolute Gasteiger partial charge is 0.422 e. The van der Waals surface area contributed by atoms with Crippen LogP contribution in [0.2, 0.25) is 0 Å². The van der Waals surface area contributed by atoms with Crippen molar-refractivity contribution in [1.82, 2.24) is 24.9 Å². The molecule has 0 aliphatic carbocycles. The van der Waals surface area contributed by atoms with Crippen molar-refractivity contribution in [2.24, 2.45) is 0 Å². The van der Waals surface area contributed by atoms with Crippen LogP contribution in [0.5, 0.6) is 5.88 Å². The van der Waals surface area contributed by atoms with Gasteiger partial charge in [0.2, 0.25) is 5.82 Å². The standard InChI is InChI=1S/C19H12F5N5O2/c20-12-4-2-1-3-11(12)9-29-16(14-5-6-31-28-14)7-15(27-29)17-25-8-13(21)18(26-17)30-10-19(22,23)24/h1-8H,9-10H2. The first-order valence-electron chi connectivity index (χ1n) is 8.74. The normalized spacial score (nSPS) is 11.6. The predicted molar refractivity (Wildman–Crippen MR) is 95.8 cm³/mol. The van der Waals surface area contributed by atoms with Crippen molar-refractivity contribution in [3.8, 4) is 28.8 Å². The first-order valence-corrected chi connectivity index (χ1v) is 8.74. The number of alkyl halides is 3. The topological polar surface area (TPSA) is 78.9 Å². The minimum Gasteiger partial charge on any atom is -0.466 e. The van der Waals surface area contributed by atoms with E-state index >= 15 is 0 Å².